The zero-order valence-electron chi connectivity index (χ0n) is 10.4. The average molecular weight is 249 g/mol. The minimum absolute atomic E-state index is 0.243. The van der Waals surface area contributed by atoms with Gasteiger partial charge < -0.3 is 19.9 Å². The van der Waals surface area contributed by atoms with Crippen LogP contribution in [-0.4, -0.2) is 18.4 Å². The van der Waals surface area contributed by atoms with Crippen molar-refractivity contribution >= 4 is 0 Å². The number of phenols is 1. The number of aromatic hydroxyl groups is 1. The van der Waals surface area contributed by atoms with E-state index in [1.165, 1.54) is 25.7 Å². The fraction of sp³-hybridized carbons (Fsp3) is 0.571. The summed E-state index contributed by atoms with van der Waals surface area (Å²) in [6.45, 7) is 1.92. The van der Waals surface area contributed by atoms with Crippen LogP contribution in [0.1, 0.15) is 31.2 Å². The Bertz CT molecular complexity index is 429. The van der Waals surface area contributed by atoms with Crippen LogP contribution in [0.3, 0.4) is 0 Å². The van der Waals surface area contributed by atoms with E-state index in [1.807, 2.05) is 6.07 Å². The van der Waals surface area contributed by atoms with Crippen LogP contribution in [0.2, 0.25) is 0 Å². The molecule has 1 aromatic rings. The van der Waals surface area contributed by atoms with Crippen molar-refractivity contribution < 1.29 is 14.6 Å². The monoisotopic (exact) mass is 249 g/mol. The first-order valence-electron chi connectivity index (χ1n) is 6.65. The average Bonchev–Trinajstić information content (AvgIpc) is 3.07. The van der Waals surface area contributed by atoms with E-state index in [1.54, 1.807) is 6.07 Å². The molecular formula is C14H19NO3. The van der Waals surface area contributed by atoms with Gasteiger partial charge in [0.15, 0.2) is 11.5 Å². The molecule has 1 aliphatic heterocycles. The molecule has 2 aliphatic rings. The molecule has 1 aliphatic carbocycles. The van der Waals surface area contributed by atoms with Crippen molar-refractivity contribution in [2.75, 3.05) is 13.3 Å². The lowest BCUT2D eigenvalue weighted by atomic mass is 10.1. The topological polar surface area (TPSA) is 50.7 Å². The van der Waals surface area contributed by atoms with Crippen LogP contribution in [0.4, 0.5) is 0 Å². The molecule has 18 heavy (non-hydrogen) atoms. The van der Waals surface area contributed by atoms with Crippen molar-refractivity contribution in [1.29, 1.82) is 0 Å². The molecule has 0 saturated heterocycles. The Morgan fingerprint density at radius 3 is 2.78 bits per heavy atom. The molecule has 3 rings (SSSR count). The second kappa shape index (κ2) is 5.06. The lowest BCUT2D eigenvalue weighted by molar-refractivity contribution is 0.174. The van der Waals surface area contributed by atoms with E-state index in [0.29, 0.717) is 12.3 Å². The minimum atomic E-state index is 0.243. The molecule has 1 fully saturated rings. The largest absolute Gasteiger partial charge is 0.507 e. The predicted molar refractivity (Wildman–Crippen MR) is 67.9 cm³/mol. The van der Waals surface area contributed by atoms with Crippen LogP contribution in [0.5, 0.6) is 17.2 Å². The maximum Gasteiger partial charge on any atom is 0.231 e. The van der Waals surface area contributed by atoms with Crippen molar-refractivity contribution in [3.63, 3.8) is 0 Å². The van der Waals surface area contributed by atoms with Crippen molar-refractivity contribution in [2.24, 2.45) is 5.92 Å². The zero-order valence-corrected chi connectivity index (χ0v) is 10.4. The summed E-state index contributed by atoms with van der Waals surface area (Å²) in [7, 11) is 0. The smallest absolute Gasteiger partial charge is 0.231 e. The zero-order chi connectivity index (χ0) is 12.4. The van der Waals surface area contributed by atoms with Gasteiger partial charge >= 0.3 is 0 Å². The number of fused-ring (bicyclic) bond motifs is 1. The van der Waals surface area contributed by atoms with Gasteiger partial charge in [0.1, 0.15) is 5.75 Å². The summed E-state index contributed by atoms with van der Waals surface area (Å²) in [5.41, 5.74) is 0.866. The van der Waals surface area contributed by atoms with E-state index in [9.17, 15) is 5.11 Å². The third-order valence-electron chi connectivity index (χ3n) is 3.55. The first-order chi connectivity index (χ1) is 8.83. The summed E-state index contributed by atoms with van der Waals surface area (Å²) in [6.07, 6.45) is 5.39. The number of ether oxygens (including phenoxy) is 2. The second-order valence-corrected chi connectivity index (χ2v) is 5.10. The Kier molecular flexibility index (Phi) is 3.28. The van der Waals surface area contributed by atoms with Gasteiger partial charge in [-0.15, -0.1) is 0 Å². The van der Waals surface area contributed by atoms with E-state index in [4.69, 9.17) is 9.47 Å². The van der Waals surface area contributed by atoms with Crippen LogP contribution in [0, 0.1) is 5.92 Å². The minimum Gasteiger partial charge on any atom is -0.507 e. The predicted octanol–water partition coefficient (Wildman–Crippen LogP) is 2.40. The third-order valence-corrected chi connectivity index (χ3v) is 3.55. The molecule has 0 amide bonds. The molecule has 0 spiro atoms. The molecule has 0 radical (unpaired) electrons. The van der Waals surface area contributed by atoms with Gasteiger partial charge in [-0.3, -0.25) is 0 Å². The van der Waals surface area contributed by atoms with E-state index in [-0.39, 0.29) is 12.5 Å². The Balaban J connectivity index is 1.49. The molecule has 2 N–H and O–H groups in total. The molecule has 0 unspecified atom stereocenters. The molecule has 0 bridgehead atoms. The summed E-state index contributed by atoms with van der Waals surface area (Å²) in [6, 6.07) is 3.48. The normalized spacial score (nSPS) is 17.1. The van der Waals surface area contributed by atoms with Gasteiger partial charge in [-0.2, -0.15) is 0 Å². The number of hydrogen-bond donors (Lipinski definition) is 2. The van der Waals surface area contributed by atoms with Gasteiger partial charge in [0.25, 0.3) is 0 Å². The van der Waals surface area contributed by atoms with Crippen LogP contribution in [0.25, 0.3) is 0 Å². The van der Waals surface area contributed by atoms with Gasteiger partial charge in [0.05, 0.1) is 0 Å². The van der Waals surface area contributed by atoms with Crippen molar-refractivity contribution in [3.05, 3.63) is 17.7 Å². The van der Waals surface area contributed by atoms with Crippen molar-refractivity contribution in [1.82, 2.24) is 5.32 Å². The quantitative estimate of drug-likeness (QED) is 0.760. The first kappa shape index (κ1) is 11.7. The summed E-state index contributed by atoms with van der Waals surface area (Å²) in [5.74, 6) is 2.62. The third kappa shape index (κ3) is 2.70. The van der Waals surface area contributed by atoms with Crippen molar-refractivity contribution in [3.8, 4) is 17.2 Å². The lowest BCUT2D eigenvalue weighted by Crippen LogP contribution is -2.14. The molecule has 4 heteroatoms. The highest BCUT2D eigenvalue weighted by Gasteiger charge is 2.20. The standard InChI is InChI=1S/C14H19NO3/c16-12-7-14-13(17-9-18-14)6-11(12)8-15-5-1-2-10-3-4-10/h6-7,10,15-16H,1-5,8-9H2. The number of nitrogens with one attached hydrogen (secondary N) is 1. The molecule has 0 atom stereocenters. The summed E-state index contributed by atoms with van der Waals surface area (Å²) >= 11 is 0. The Hall–Kier alpha value is -1.42. The van der Waals surface area contributed by atoms with Crippen LogP contribution in [0.15, 0.2) is 12.1 Å². The first-order valence-corrected chi connectivity index (χ1v) is 6.65. The van der Waals surface area contributed by atoms with Crippen LogP contribution < -0.4 is 14.8 Å². The summed E-state index contributed by atoms with van der Waals surface area (Å²) < 4.78 is 10.5. The van der Waals surface area contributed by atoms with E-state index in [2.05, 4.69) is 5.32 Å². The summed E-state index contributed by atoms with van der Waals surface area (Å²) in [5, 5.41) is 13.2. The van der Waals surface area contributed by atoms with E-state index >= 15 is 0 Å². The van der Waals surface area contributed by atoms with Crippen LogP contribution >= 0.6 is 0 Å². The SMILES string of the molecule is Oc1cc2c(cc1CNCCCC1CC1)OCO2. The second-order valence-electron chi connectivity index (χ2n) is 5.10. The maximum atomic E-state index is 9.85. The molecular weight excluding hydrogens is 230 g/mol. The molecule has 1 saturated carbocycles. The van der Waals surface area contributed by atoms with E-state index < -0.39 is 0 Å². The number of benzene rings is 1. The van der Waals surface area contributed by atoms with Gasteiger partial charge in [-0.25, -0.2) is 0 Å². The number of rotatable bonds is 6. The van der Waals surface area contributed by atoms with Gasteiger partial charge in [0, 0.05) is 18.2 Å². The van der Waals surface area contributed by atoms with Crippen molar-refractivity contribution in [2.45, 2.75) is 32.2 Å². The van der Waals surface area contributed by atoms with E-state index in [0.717, 1.165) is 23.8 Å². The number of phenolic OH excluding ortho intramolecular Hbond substituents is 1. The highest BCUT2D eigenvalue weighted by Crippen LogP contribution is 2.37. The van der Waals surface area contributed by atoms with Gasteiger partial charge in [-0.05, 0) is 31.4 Å². The fourth-order valence-electron chi connectivity index (χ4n) is 2.26. The Morgan fingerprint density at radius 2 is 2.00 bits per heavy atom. The lowest BCUT2D eigenvalue weighted by Gasteiger charge is -2.08. The maximum absolute atomic E-state index is 9.85. The molecule has 0 aromatic heterocycles. The van der Waals surface area contributed by atoms with Crippen LogP contribution in [-0.2, 0) is 6.54 Å². The highest BCUT2D eigenvalue weighted by atomic mass is 16.7. The molecule has 98 valence electrons. The summed E-state index contributed by atoms with van der Waals surface area (Å²) in [4.78, 5) is 0. The molecule has 1 heterocycles. The van der Waals surface area contributed by atoms with Gasteiger partial charge in [0.2, 0.25) is 6.79 Å². The number of hydrogen-bond acceptors (Lipinski definition) is 4. The van der Waals surface area contributed by atoms with Gasteiger partial charge in [-0.1, -0.05) is 12.8 Å². The molecule has 1 aromatic carbocycles. The Morgan fingerprint density at radius 1 is 1.22 bits per heavy atom. The Labute approximate surface area is 107 Å². The fourth-order valence-corrected chi connectivity index (χ4v) is 2.26. The molecule has 4 nitrogen and oxygen atoms in total. The highest BCUT2D eigenvalue weighted by molar-refractivity contribution is 5.51.